The van der Waals surface area contributed by atoms with Crippen molar-refractivity contribution in [2.75, 3.05) is 18.8 Å². The van der Waals surface area contributed by atoms with Crippen molar-refractivity contribution in [2.24, 2.45) is 0 Å². The first-order valence-corrected chi connectivity index (χ1v) is 11.4. The van der Waals surface area contributed by atoms with E-state index in [1.54, 1.807) is 4.31 Å². The highest BCUT2D eigenvalue weighted by molar-refractivity contribution is 7.89. The van der Waals surface area contributed by atoms with Gasteiger partial charge in [-0.05, 0) is 43.7 Å². The number of sulfonamides is 1. The predicted octanol–water partition coefficient (Wildman–Crippen LogP) is 2.81. The average molecular weight is 392 g/mol. The highest BCUT2D eigenvalue weighted by Gasteiger charge is 2.27. The number of carbonyl (C=O) groups excluding carboxylic acids is 1. The molecule has 1 aliphatic rings. The van der Waals surface area contributed by atoms with Gasteiger partial charge < -0.3 is 10.3 Å². The van der Waals surface area contributed by atoms with Gasteiger partial charge in [-0.15, -0.1) is 0 Å². The maximum Gasteiger partial charge on any atom is 0.220 e. The number of H-pyrrole nitrogens is 1. The summed E-state index contributed by atoms with van der Waals surface area (Å²) in [5.74, 6) is 0.266. The second-order valence-electron chi connectivity index (χ2n) is 7.27. The number of aromatic nitrogens is 1. The molecule has 3 rings (SSSR count). The van der Waals surface area contributed by atoms with Gasteiger partial charge in [0.05, 0.1) is 5.75 Å². The molecule has 6 nitrogen and oxygen atoms in total. The van der Waals surface area contributed by atoms with Crippen LogP contribution in [0, 0.1) is 0 Å². The highest BCUT2D eigenvalue weighted by Crippen LogP contribution is 2.20. The van der Waals surface area contributed by atoms with Crippen molar-refractivity contribution in [1.82, 2.24) is 14.6 Å². The molecular formula is C20H29N3O3S. The van der Waals surface area contributed by atoms with Crippen LogP contribution in [0.3, 0.4) is 0 Å². The summed E-state index contributed by atoms with van der Waals surface area (Å²) in [5, 5.41) is 4.29. The minimum absolute atomic E-state index is 0.0599. The van der Waals surface area contributed by atoms with Crippen molar-refractivity contribution in [3.8, 4) is 0 Å². The van der Waals surface area contributed by atoms with E-state index in [0.717, 1.165) is 18.4 Å². The van der Waals surface area contributed by atoms with E-state index in [-0.39, 0.29) is 17.7 Å². The lowest BCUT2D eigenvalue weighted by Crippen LogP contribution is -2.47. The number of para-hydroxylation sites is 1. The van der Waals surface area contributed by atoms with Crippen LogP contribution in [-0.4, -0.2) is 48.5 Å². The maximum absolute atomic E-state index is 12.2. The Balaban J connectivity index is 1.40. The number of hydrogen-bond acceptors (Lipinski definition) is 3. The lowest BCUT2D eigenvalue weighted by Gasteiger charge is -2.31. The lowest BCUT2D eigenvalue weighted by atomic mass is 10.0. The number of nitrogens with zero attached hydrogens (tertiary/aromatic N) is 1. The van der Waals surface area contributed by atoms with Crippen LogP contribution in [0.25, 0.3) is 10.9 Å². The Labute approximate surface area is 161 Å². The Morgan fingerprint density at radius 3 is 2.74 bits per heavy atom. The van der Waals surface area contributed by atoms with E-state index in [2.05, 4.69) is 22.4 Å². The van der Waals surface area contributed by atoms with E-state index in [4.69, 9.17) is 0 Å². The summed E-state index contributed by atoms with van der Waals surface area (Å²) in [4.78, 5) is 15.5. The SMILES string of the molecule is CCCS(=O)(=O)N1CCC(NC(=O)CCCc2c[nH]c3ccccc23)CC1. The summed E-state index contributed by atoms with van der Waals surface area (Å²) in [6.45, 7) is 2.88. The minimum atomic E-state index is -3.12. The molecule has 2 heterocycles. The molecule has 148 valence electrons. The van der Waals surface area contributed by atoms with E-state index in [0.29, 0.717) is 38.8 Å². The van der Waals surface area contributed by atoms with Crippen molar-refractivity contribution in [2.45, 2.75) is 51.5 Å². The number of aryl methyl sites for hydroxylation is 1. The summed E-state index contributed by atoms with van der Waals surface area (Å²) in [7, 11) is -3.12. The Hall–Kier alpha value is -1.86. The van der Waals surface area contributed by atoms with E-state index < -0.39 is 10.0 Å². The molecule has 1 amide bonds. The lowest BCUT2D eigenvalue weighted by molar-refractivity contribution is -0.122. The summed E-state index contributed by atoms with van der Waals surface area (Å²) in [5.41, 5.74) is 2.37. The van der Waals surface area contributed by atoms with Crippen LogP contribution < -0.4 is 5.32 Å². The molecule has 0 atom stereocenters. The number of rotatable bonds is 8. The fourth-order valence-corrected chi connectivity index (χ4v) is 5.28. The van der Waals surface area contributed by atoms with Gasteiger partial charge in [0.25, 0.3) is 0 Å². The second-order valence-corrected chi connectivity index (χ2v) is 9.36. The minimum Gasteiger partial charge on any atom is -0.361 e. The van der Waals surface area contributed by atoms with Gasteiger partial charge in [-0.3, -0.25) is 4.79 Å². The van der Waals surface area contributed by atoms with Crippen molar-refractivity contribution < 1.29 is 13.2 Å². The number of fused-ring (bicyclic) bond motifs is 1. The predicted molar refractivity (Wildman–Crippen MR) is 108 cm³/mol. The number of benzene rings is 1. The van der Waals surface area contributed by atoms with Gasteiger partial charge in [-0.1, -0.05) is 25.1 Å². The molecule has 2 N–H and O–H groups in total. The van der Waals surface area contributed by atoms with Gasteiger partial charge in [0, 0.05) is 42.7 Å². The fourth-order valence-electron chi connectivity index (χ4n) is 3.74. The average Bonchev–Trinajstić information content (AvgIpc) is 3.05. The third-order valence-electron chi connectivity index (χ3n) is 5.20. The molecule has 0 radical (unpaired) electrons. The van der Waals surface area contributed by atoms with Crippen LogP contribution >= 0.6 is 0 Å². The molecule has 7 heteroatoms. The normalized spacial score (nSPS) is 16.6. The van der Waals surface area contributed by atoms with Crippen molar-refractivity contribution in [3.05, 3.63) is 36.0 Å². The van der Waals surface area contributed by atoms with Crippen LogP contribution in [0.15, 0.2) is 30.5 Å². The Morgan fingerprint density at radius 2 is 2.00 bits per heavy atom. The molecule has 0 saturated carbocycles. The van der Waals surface area contributed by atoms with Crippen LogP contribution in [0.2, 0.25) is 0 Å². The summed E-state index contributed by atoms with van der Waals surface area (Å²) >= 11 is 0. The number of hydrogen-bond donors (Lipinski definition) is 2. The summed E-state index contributed by atoms with van der Waals surface area (Å²) in [6, 6.07) is 8.27. The van der Waals surface area contributed by atoms with Gasteiger partial charge in [-0.25, -0.2) is 12.7 Å². The zero-order valence-electron chi connectivity index (χ0n) is 15.9. The number of amides is 1. The molecule has 0 unspecified atom stereocenters. The largest absolute Gasteiger partial charge is 0.361 e. The smallest absolute Gasteiger partial charge is 0.220 e. The van der Waals surface area contributed by atoms with Crippen molar-refractivity contribution in [1.29, 1.82) is 0 Å². The van der Waals surface area contributed by atoms with Crippen LogP contribution in [-0.2, 0) is 21.2 Å². The zero-order valence-corrected chi connectivity index (χ0v) is 16.7. The van der Waals surface area contributed by atoms with Gasteiger partial charge in [0.1, 0.15) is 0 Å². The number of aromatic amines is 1. The number of nitrogens with one attached hydrogen (secondary N) is 2. The quantitative estimate of drug-likeness (QED) is 0.726. The van der Waals surface area contributed by atoms with E-state index in [9.17, 15) is 13.2 Å². The summed E-state index contributed by atoms with van der Waals surface area (Å²) < 4.78 is 25.8. The zero-order chi connectivity index (χ0) is 19.3. The van der Waals surface area contributed by atoms with Gasteiger partial charge in [0.2, 0.25) is 15.9 Å². The Bertz CT molecular complexity index is 867. The van der Waals surface area contributed by atoms with Crippen LogP contribution in [0.4, 0.5) is 0 Å². The monoisotopic (exact) mass is 391 g/mol. The molecule has 2 aromatic rings. The van der Waals surface area contributed by atoms with E-state index in [1.165, 1.54) is 10.9 Å². The molecule has 1 aromatic heterocycles. The van der Waals surface area contributed by atoms with E-state index in [1.807, 2.05) is 25.3 Å². The van der Waals surface area contributed by atoms with Crippen molar-refractivity contribution in [3.63, 3.8) is 0 Å². The van der Waals surface area contributed by atoms with Gasteiger partial charge >= 0.3 is 0 Å². The molecule has 1 aromatic carbocycles. The second kappa shape index (κ2) is 8.89. The first kappa shape index (κ1) is 19.9. The number of carbonyl (C=O) groups is 1. The van der Waals surface area contributed by atoms with Crippen LogP contribution in [0.5, 0.6) is 0 Å². The van der Waals surface area contributed by atoms with Crippen molar-refractivity contribution >= 4 is 26.8 Å². The van der Waals surface area contributed by atoms with Gasteiger partial charge in [-0.2, -0.15) is 0 Å². The standard InChI is InChI=1S/C20H29N3O3S/c1-2-14-27(25,26)23-12-10-17(11-13-23)22-20(24)9-5-6-16-15-21-19-8-4-3-7-18(16)19/h3-4,7-8,15,17,21H,2,5-6,9-14H2,1H3,(H,22,24). The Kier molecular flexibility index (Phi) is 6.55. The molecule has 1 aliphatic heterocycles. The molecule has 1 saturated heterocycles. The van der Waals surface area contributed by atoms with E-state index >= 15 is 0 Å². The maximum atomic E-state index is 12.2. The highest BCUT2D eigenvalue weighted by atomic mass is 32.2. The number of piperidine rings is 1. The Morgan fingerprint density at radius 1 is 1.26 bits per heavy atom. The third-order valence-corrected chi connectivity index (χ3v) is 7.28. The molecule has 0 bridgehead atoms. The topological polar surface area (TPSA) is 82.3 Å². The summed E-state index contributed by atoms with van der Waals surface area (Å²) in [6.07, 6.45) is 6.20. The molecular weight excluding hydrogens is 362 g/mol. The van der Waals surface area contributed by atoms with Gasteiger partial charge in [0.15, 0.2) is 0 Å². The molecule has 1 fully saturated rings. The molecule has 27 heavy (non-hydrogen) atoms. The molecule has 0 spiro atoms. The first-order chi connectivity index (χ1) is 13.0. The first-order valence-electron chi connectivity index (χ1n) is 9.82. The third kappa shape index (κ3) is 5.11. The van der Waals surface area contributed by atoms with Crippen LogP contribution in [0.1, 0.15) is 44.6 Å². The fraction of sp³-hybridized carbons (Fsp3) is 0.550. The molecule has 0 aliphatic carbocycles.